The van der Waals surface area contributed by atoms with Gasteiger partial charge < -0.3 is 5.32 Å². The van der Waals surface area contributed by atoms with Gasteiger partial charge in [0, 0.05) is 31.6 Å². The van der Waals surface area contributed by atoms with Crippen molar-refractivity contribution in [2.45, 2.75) is 37.6 Å². The van der Waals surface area contributed by atoms with Crippen LogP contribution in [-0.4, -0.2) is 37.1 Å². The van der Waals surface area contributed by atoms with Crippen LogP contribution in [0.1, 0.15) is 30.9 Å². The van der Waals surface area contributed by atoms with Crippen LogP contribution in [0.15, 0.2) is 24.3 Å². The summed E-state index contributed by atoms with van der Waals surface area (Å²) in [6, 6.07) is 8.60. The summed E-state index contributed by atoms with van der Waals surface area (Å²) in [5.74, 6) is 0.290. The van der Waals surface area contributed by atoms with Crippen molar-refractivity contribution in [3.8, 4) is 0 Å². The lowest BCUT2D eigenvalue weighted by Crippen LogP contribution is -2.40. The number of nitrogens with one attached hydrogen (secondary N) is 1. The second-order valence-electron chi connectivity index (χ2n) is 5.70. The Morgan fingerprint density at radius 1 is 1.26 bits per heavy atom. The maximum Gasteiger partial charge on any atom is 0.216 e. The molecule has 1 saturated heterocycles. The molecule has 3 rings (SSSR count). The fourth-order valence-corrected chi connectivity index (χ4v) is 4.43. The van der Waals surface area contributed by atoms with Crippen molar-refractivity contribution in [1.29, 1.82) is 0 Å². The van der Waals surface area contributed by atoms with Crippen molar-refractivity contribution >= 4 is 10.0 Å². The molecule has 0 amide bonds. The SMILES string of the molecule is CC(C)S(=O)(=O)N1C[C@@H]2c3ccccc3CN[C@@H]2C1. The topological polar surface area (TPSA) is 49.4 Å². The Hall–Kier alpha value is -0.910. The van der Waals surface area contributed by atoms with Gasteiger partial charge in [-0.2, -0.15) is 4.31 Å². The summed E-state index contributed by atoms with van der Waals surface area (Å²) in [5, 5.41) is 3.13. The van der Waals surface area contributed by atoms with Gasteiger partial charge in [0.25, 0.3) is 0 Å². The van der Waals surface area contributed by atoms with Gasteiger partial charge in [-0.1, -0.05) is 24.3 Å². The molecule has 1 fully saturated rings. The summed E-state index contributed by atoms with van der Waals surface area (Å²) in [4.78, 5) is 0. The average Bonchev–Trinajstić information content (AvgIpc) is 2.83. The predicted octanol–water partition coefficient (Wildman–Crippen LogP) is 1.30. The Morgan fingerprint density at radius 2 is 2.00 bits per heavy atom. The van der Waals surface area contributed by atoms with Crippen LogP contribution >= 0.6 is 0 Å². The molecule has 0 aromatic heterocycles. The third-order valence-corrected chi connectivity index (χ3v) is 6.46. The first-order valence-corrected chi connectivity index (χ1v) is 8.30. The van der Waals surface area contributed by atoms with Crippen molar-refractivity contribution in [3.63, 3.8) is 0 Å². The van der Waals surface area contributed by atoms with E-state index in [1.807, 2.05) is 12.1 Å². The minimum atomic E-state index is -3.14. The van der Waals surface area contributed by atoms with E-state index in [-0.39, 0.29) is 11.3 Å². The number of nitrogens with zero attached hydrogens (tertiary/aromatic N) is 1. The zero-order valence-electron chi connectivity index (χ0n) is 11.3. The third kappa shape index (κ3) is 2.10. The molecule has 0 aliphatic carbocycles. The lowest BCUT2D eigenvalue weighted by molar-refractivity contribution is 0.446. The van der Waals surface area contributed by atoms with Crippen LogP contribution in [0.3, 0.4) is 0 Å². The largest absolute Gasteiger partial charge is 0.308 e. The zero-order chi connectivity index (χ0) is 13.6. The van der Waals surface area contributed by atoms with Crippen LogP contribution in [0.2, 0.25) is 0 Å². The highest BCUT2D eigenvalue weighted by Gasteiger charge is 2.42. The standard InChI is InChI=1S/C14H20N2O2S/c1-10(2)19(17,18)16-8-13-12-6-4-3-5-11(12)7-15-14(13)9-16/h3-6,10,13-15H,7-9H2,1-2H3/t13-,14-/m1/s1. The Balaban J connectivity index is 1.90. The first kappa shape index (κ1) is 13.1. The second-order valence-corrected chi connectivity index (χ2v) is 8.19. The highest BCUT2D eigenvalue weighted by atomic mass is 32.2. The Bertz CT molecular complexity index is 583. The van der Waals surface area contributed by atoms with E-state index in [9.17, 15) is 8.42 Å². The van der Waals surface area contributed by atoms with E-state index < -0.39 is 10.0 Å². The minimum Gasteiger partial charge on any atom is -0.308 e. The lowest BCUT2D eigenvalue weighted by Gasteiger charge is -2.28. The highest BCUT2D eigenvalue weighted by molar-refractivity contribution is 7.89. The van der Waals surface area contributed by atoms with Crippen LogP contribution in [0.5, 0.6) is 0 Å². The van der Waals surface area contributed by atoms with E-state index in [4.69, 9.17) is 0 Å². The van der Waals surface area contributed by atoms with Crippen LogP contribution in [0, 0.1) is 0 Å². The molecule has 5 heteroatoms. The van der Waals surface area contributed by atoms with E-state index >= 15 is 0 Å². The fourth-order valence-electron chi connectivity index (χ4n) is 3.09. The summed E-state index contributed by atoms with van der Waals surface area (Å²) in [5.41, 5.74) is 2.61. The Morgan fingerprint density at radius 3 is 2.74 bits per heavy atom. The number of sulfonamides is 1. The summed E-state index contributed by atoms with van der Waals surface area (Å²) < 4.78 is 26.2. The molecule has 0 bridgehead atoms. The molecule has 2 aliphatic heterocycles. The average molecular weight is 280 g/mol. The number of hydrogen-bond acceptors (Lipinski definition) is 3. The van der Waals surface area contributed by atoms with Gasteiger partial charge in [0.05, 0.1) is 5.25 Å². The maximum atomic E-state index is 12.3. The van der Waals surface area contributed by atoms with E-state index in [1.54, 1.807) is 18.2 Å². The normalized spacial score (nSPS) is 27.3. The maximum absolute atomic E-state index is 12.3. The van der Waals surface area contributed by atoms with Gasteiger partial charge in [-0.05, 0) is 25.0 Å². The molecular weight excluding hydrogens is 260 g/mol. The molecule has 1 N–H and O–H groups in total. The molecule has 2 heterocycles. The zero-order valence-corrected chi connectivity index (χ0v) is 12.2. The predicted molar refractivity (Wildman–Crippen MR) is 75.4 cm³/mol. The van der Waals surface area contributed by atoms with Gasteiger partial charge >= 0.3 is 0 Å². The van der Waals surface area contributed by atoms with Crippen LogP contribution in [0.25, 0.3) is 0 Å². The molecule has 0 radical (unpaired) electrons. The summed E-state index contributed by atoms with van der Waals surface area (Å²) >= 11 is 0. The highest BCUT2D eigenvalue weighted by Crippen LogP contribution is 2.35. The summed E-state index contributed by atoms with van der Waals surface area (Å²) in [6.45, 7) is 5.54. The smallest absolute Gasteiger partial charge is 0.216 e. The second kappa shape index (κ2) is 4.58. The Labute approximate surface area is 114 Å². The molecule has 1 aromatic carbocycles. The summed E-state index contributed by atoms with van der Waals surface area (Å²) in [6.07, 6.45) is 0. The van der Waals surface area contributed by atoms with Gasteiger partial charge in [0.2, 0.25) is 10.0 Å². The van der Waals surface area contributed by atoms with Crippen LogP contribution in [0.4, 0.5) is 0 Å². The van der Waals surface area contributed by atoms with Crippen molar-refractivity contribution in [2.75, 3.05) is 13.1 Å². The van der Waals surface area contributed by atoms with E-state index in [0.29, 0.717) is 19.0 Å². The Kier molecular flexibility index (Phi) is 3.15. The van der Waals surface area contributed by atoms with Gasteiger partial charge in [-0.15, -0.1) is 0 Å². The first-order chi connectivity index (χ1) is 9.00. The fraction of sp³-hybridized carbons (Fsp3) is 0.571. The van der Waals surface area contributed by atoms with E-state index in [1.165, 1.54) is 11.1 Å². The van der Waals surface area contributed by atoms with Crippen molar-refractivity contribution in [1.82, 2.24) is 9.62 Å². The molecule has 104 valence electrons. The number of fused-ring (bicyclic) bond motifs is 3. The lowest BCUT2D eigenvalue weighted by atomic mass is 9.87. The van der Waals surface area contributed by atoms with Gasteiger partial charge in [-0.3, -0.25) is 0 Å². The number of rotatable bonds is 2. The van der Waals surface area contributed by atoms with Crippen molar-refractivity contribution in [3.05, 3.63) is 35.4 Å². The molecule has 2 aliphatic rings. The molecule has 1 aromatic rings. The van der Waals surface area contributed by atoms with E-state index in [0.717, 1.165) is 6.54 Å². The molecule has 0 unspecified atom stereocenters. The number of benzene rings is 1. The molecular formula is C14H20N2O2S. The quantitative estimate of drug-likeness (QED) is 0.888. The van der Waals surface area contributed by atoms with Gasteiger partial charge in [0.1, 0.15) is 0 Å². The third-order valence-electron chi connectivity index (χ3n) is 4.25. The monoisotopic (exact) mass is 280 g/mol. The summed E-state index contributed by atoms with van der Waals surface area (Å²) in [7, 11) is -3.14. The molecule has 2 atom stereocenters. The number of hydrogen-bond donors (Lipinski definition) is 1. The molecule has 4 nitrogen and oxygen atoms in total. The molecule has 19 heavy (non-hydrogen) atoms. The van der Waals surface area contributed by atoms with Crippen LogP contribution in [-0.2, 0) is 16.6 Å². The molecule has 0 saturated carbocycles. The van der Waals surface area contributed by atoms with Gasteiger partial charge in [0.15, 0.2) is 0 Å². The minimum absolute atomic E-state index is 0.253. The molecule has 0 spiro atoms. The first-order valence-electron chi connectivity index (χ1n) is 6.80. The van der Waals surface area contributed by atoms with E-state index in [2.05, 4.69) is 17.4 Å². The van der Waals surface area contributed by atoms with Crippen LogP contribution < -0.4 is 5.32 Å². The van der Waals surface area contributed by atoms with Crippen molar-refractivity contribution < 1.29 is 8.42 Å². The van der Waals surface area contributed by atoms with Gasteiger partial charge in [-0.25, -0.2) is 8.42 Å². The van der Waals surface area contributed by atoms with Crippen molar-refractivity contribution in [2.24, 2.45) is 0 Å².